The first-order chi connectivity index (χ1) is 13.5. The van der Waals surface area contributed by atoms with Gasteiger partial charge < -0.3 is 10.1 Å². The van der Waals surface area contributed by atoms with Crippen LogP contribution in [0.3, 0.4) is 0 Å². The summed E-state index contributed by atoms with van der Waals surface area (Å²) in [5.74, 6) is 0.751. The van der Waals surface area contributed by atoms with Crippen molar-refractivity contribution in [2.75, 3.05) is 0 Å². The summed E-state index contributed by atoms with van der Waals surface area (Å²) in [5, 5.41) is 3.23. The summed E-state index contributed by atoms with van der Waals surface area (Å²) < 4.78 is 6.07. The molecule has 0 heterocycles. The largest absolute Gasteiger partial charge is 0.480 e. The number of nitrogens with one attached hydrogen (secondary N) is 1. The summed E-state index contributed by atoms with van der Waals surface area (Å²) in [6.07, 6.45) is 5.91. The second-order valence-corrected chi connectivity index (χ2v) is 7.99. The summed E-state index contributed by atoms with van der Waals surface area (Å²) in [6.45, 7) is 8.20. The number of carbonyl (C=O) groups is 1. The van der Waals surface area contributed by atoms with E-state index in [9.17, 15) is 4.79 Å². The predicted molar refractivity (Wildman–Crippen MR) is 115 cm³/mol. The number of fused-ring (bicyclic) bond motifs is 1. The highest BCUT2D eigenvalue weighted by Crippen LogP contribution is 2.27. The molecule has 150 valence electrons. The van der Waals surface area contributed by atoms with Crippen molar-refractivity contribution in [3.63, 3.8) is 0 Å². The lowest BCUT2D eigenvalue weighted by molar-refractivity contribution is -0.129. The number of carbonyl (C=O) groups excluding carboxylic acids is 1. The van der Waals surface area contributed by atoms with Crippen molar-refractivity contribution in [2.45, 2.75) is 78.4 Å². The Kier molecular flexibility index (Phi) is 6.77. The van der Waals surface area contributed by atoms with E-state index in [-0.39, 0.29) is 11.9 Å². The van der Waals surface area contributed by atoms with Crippen molar-refractivity contribution in [1.82, 2.24) is 5.32 Å². The maximum Gasteiger partial charge on any atom is 0.261 e. The molecule has 1 aliphatic carbocycles. The lowest BCUT2D eigenvalue weighted by Gasteiger charge is -2.24. The van der Waals surface area contributed by atoms with Gasteiger partial charge in [-0.05, 0) is 80.7 Å². The number of hydrogen-bond acceptors (Lipinski definition) is 2. The molecular weight excluding hydrogens is 346 g/mol. The molecule has 2 aromatic rings. The maximum absolute atomic E-state index is 13.0. The normalized spacial score (nSPS) is 15.4. The van der Waals surface area contributed by atoms with Gasteiger partial charge in [0.1, 0.15) is 5.75 Å². The van der Waals surface area contributed by atoms with Crippen molar-refractivity contribution < 1.29 is 9.53 Å². The lowest BCUT2D eigenvalue weighted by Crippen LogP contribution is -2.40. The lowest BCUT2D eigenvalue weighted by atomic mass is 9.88. The van der Waals surface area contributed by atoms with Gasteiger partial charge in [-0.3, -0.25) is 4.79 Å². The zero-order valence-corrected chi connectivity index (χ0v) is 17.7. The van der Waals surface area contributed by atoms with E-state index in [0.717, 1.165) is 24.2 Å². The van der Waals surface area contributed by atoms with E-state index in [1.807, 2.05) is 26.0 Å². The van der Waals surface area contributed by atoms with E-state index in [1.165, 1.54) is 41.5 Å². The second-order valence-electron chi connectivity index (χ2n) is 7.99. The van der Waals surface area contributed by atoms with Crippen LogP contribution < -0.4 is 10.1 Å². The molecule has 3 nitrogen and oxygen atoms in total. The molecule has 0 radical (unpaired) electrons. The quantitative estimate of drug-likeness (QED) is 0.679. The summed E-state index contributed by atoms with van der Waals surface area (Å²) in [6, 6.07) is 12.8. The Morgan fingerprint density at radius 2 is 1.75 bits per heavy atom. The topological polar surface area (TPSA) is 38.3 Å². The third-order valence-corrected chi connectivity index (χ3v) is 5.76. The van der Waals surface area contributed by atoms with E-state index >= 15 is 0 Å². The molecule has 2 atom stereocenters. The van der Waals surface area contributed by atoms with Crippen LogP contribution in [0.1, 0.15) is 73.4 Å². The summed E-state index contributed by atoms with van der Waals surface area (Å²) >= 11 is 0. The standard InChI is InChI=1S/C25H33NO2/c1-5-22(21-13-12-19-9-7-8-10-20(19)16-21)26-25(27)23(6-2)28-24-14-11-17(3)15-18(24)4/h11-16,22-23H,5-10H2,1-4H3,(H,26,27)/t22-,23+/m0/s1. The fourth-order valence-corrected chi connectivity index (χ4v) is 4.06. The van der Waals surface area contributed by atoms with Crippen LogP contribution in [0.5, 0.6) is 5.75 Å². The zero-order chi connectivity index (χ0) is 20.1. The first kappa shape index (κ1) is 20.4. The molecule has 3 rings (SSSR count). The maximum atomic E-state index is 13.0. The van der Waals surface area contributed by atoms with Crippen LogP contribution in [0, 0.1) is 13.8 Å². The van der Waals surface area contributed by atoms with Crippen molar-refractivity contribution in [3.05, 3.63) is 64.2 Å². The number of rotatable bonds is 7. The van der Waals surface area contributed by atoms with Crippen molar-refractivity contribution in [2.24, 2.45) is 0 Å². The van der Waals surface area contributed by atoms with Crippen LogP contribution in [-0.2, 0) is 17.6 Å². The molecule has 2 aromatic carbocycles. The van der Waals surface area contributed by atoms with Crippen molar-refractivity contribution in [3.8, 4) is 5.75 Å². The minimum Gasteiger partial charge on any atom is -0.480 e. The molecule has 0 aliphatic heterocycles. The number of aryl methyl sites for hydroxylation is 4. The Hall–Kier alpha value is -2.29. The molecule has 0 aromatic heterocycles. The third-order valence-electron chi connectivity index (χ3n) is 5.76. The highest BCUT2D eigenvalue weighted by atomic mass is 16.5. The monoisotopic (exact) mass is 379 g/mol. The van der Waals surface area contributed by atoms with E-state index < -0.39 is 6.10 Å². The molecule has 1 amide bonds. The van der Waals surface area contributed by atoms with E-state index in [4.69, 9.17) is 4.74 Å². The van der Waals surface area contributed by atoms with E-state index in [1.54, 1.807) is 0 Å². The van der Waals surface area contributed by atoms with Gasteiger partial charge in [0, 0.05) is 0 Å². The van der Waals surface area contributed by atoms with Gasteiger partial charge in [0.15, 0.2) is 6.10 Å². The Labute approximate surface area is 169 Å². The minimum atomic E-state index is -0.479. The van der Waals surface area contributed by atoms with Gasteiger partial charge in [-0.2, -0.15) is 0 Å². The van der Waals surface area contributed by atoms with Gasteiger partial charge in [0.2, 0.25) is 0 Å². The summed E-state index contributed by atoms with van der Waals surface area (Å²) in [7, 11) is 0. The zero-order valence-electron chi connectivity index (χ0n) is 17.7. The molecule has 28 heavy (non-hydrogen) atoms. The molecule has 0 saturated heterocycles. The second kappa shape index (κ2) is 9.27. The highest BCUT2D eigenvalue weighted by Gasteiger charge is 2.23. The van der Waals surface area contributed by atoms with Crippen LogP contribution in [0.4, 0.5) is 0 Å². The Balaban J connectivity index is 1.71. The van der Waals surface area contributed by atoms with Crippen LogP contribution in [-0.4, -0.2) is 12.0 Å². The minimum absolute atomic E-state index is 0.0245. The third kappa shape index (κ3) is 4.76. The summed E-state index contributed by atoms with van der Waals surface area (Å²) in [5.41, 5.74) is 6.39. The average molecular weight is 380 g/mol. The fraction of sp³-hybridized carbons (Fsp3) is 0.480. The number of benzene rings is 2. The van der Waals surface area contributed by atoms with Crippen molar-refractivity contribution >= 4 is 5.91 Å². The van der Waals surface area contributed by atoms with Crippen LogP contribution in [0.15, 0.2) is 36.4 Å². The molecule has 0 spiro atoms. The van der Waals surface area contributed by atoms with Gasteiger partial charge in [-0.25, -0.2) is 0 Å². The number of amides is 1. The van der Waals surface area contributed by atoms with E-state index in [2.05, 4.69) is 43.4 Å². The first-order valence-corrected chi connectivity index (χ1v) is 10.7. The summed E-state index contributed by atoms with van der Waals surface area (Å²) in [4.78, 5) is 13.0. The molecule has 0 unspecified atom stereocenters. The van der Waals surface area contributed by atoms with E-state index in [0.29, 0.717) is 6.42 Å². The van der Waals surface area contributed by atoms with Crippen LogP contribution >= 0.6 is 0 Å². The van der Waals surface area contributed by atoms with Gasteiger partial charge in [0.05, 0.1) is 6.04 Å². The molecule has 0 fully saturated rings. The fourth-order valence-electron chi connectivity index (χ4n) is 4.06. The number of hydrogen-bond donors (Lipinski definition) is 1. The molecule has 0 bridgehead atoms. The van der Waals surface area contributed by atoms with Crippen LogP contribution in [0.25, 0.3) is 0 Å². The molecule has 0 saturated carbocycles. The van der Waals surface area contributed by atoms with Gasteiger partial charge in [-0.1, -0.05) is 49.7 Å². The first-order valence-electron chi connectivity index (χ1n) is 10.7. The van der Waals surface area contributed by atoms with Crippen LogP contribution in [0.2, 0.25) is 0 Å². The molecular formula is C25H33NO2. The Morgan fingerprint density at radius 1 is 1.00 bits per heavy atom. The number of ether oxygens (including phenoxy) is 1. The average Bonchev–Trinajstić information content (AvgIpc) is 2.71. The SMILES string of the molecule is CC[C@H](NC(=O)[C@@H](CC)Oc1ccc(C)cc1C)c1ccc2c(c1)CCCC2. The Bertz CT molecular complexity index is 827. The molecule has 3 heteroatoms. The van der Waals surface area contributed by atoms with Gasteiger partial charge in [-0.15, -0.1) is 0 Å². The predicted octanol–water partition coefficient (Wildman–Crippen LogP) is 5.61. The Morgan fingerprint density at radius 3 is 2.43 bits per heavy atom. The molecule has 1 N–H and O–H groups in total. The van der Waals surface area contributed by atoms with Crippen molar-refractivity contribution in [1.29, 1.82) is 0 Å². The van der Waals surface area contributed by atoms with Gasteiger partial charge in [0.25, 0.3) is 5.91 Å². The highest BCUT2D eigenvalue weighted by molar-refractivity contribution is 5.81. The smallest absolute Gasteiger partial charge is 0.261 e. The molecule has 1 aliphatic rings. The van der Waals surface area contributed by atoms with Gasteiger partial charge >= 0.3 is 0 Å².